The van der Waals surface area contributed by atoms with Gasteiger partial charge in [-0.05, 0) is 120 Å². The van der Waals surface area contributed by atoms with Gasteiger partial charge in [0, 0.05) is 12.1 Å². The van der Waals surface area contributed by atoms with Gasteiger partial charge >= 0.3 is 0 Å². The van der Waals surface area contributed by atoms with Gasteiger partial charge in [0.2, 0.25) is 0 Å². The summed E-state index contributed by atoms with van der Waals surface area (Å²) in [6.07, 6.45) is 17.1. The Morgan fingerprint density at radius 1 is 0.793 bits per heavy atom. The van der Waals surface area contributed by atoms with Gasteiger partial charge in [-0.1, -0.05) is 26.7 Å². The zero-order chi connectivity index (χ0) is 21.2. The van der Waals surface area contributed by atoms with Crippen molar-refractivity contribution >= 4 is 0 Å². The summed E-state index contributed by atoms with van der Waals surface area (Å²) in [5.74, 6) is 3.36. The van der Waals surface area contributed by atoms with Crippen molar-refractivity contribution in [3.63, 3.8) is 0 Å². The summed E-state index contributed by atoms with van der Waals surface area (Å²) in [7, 11) is 0. The quantitative estimate of drug-likeness (QED) is 0.364. The fourth-order valence-corrected chi connectivity index (χ4v) is 6.37. The van der Waals surface area contributed by atoms with Crippen LogP contribution in [0.3, 0.4) is 0 Å². The zero-order valence-electron chi connectivity index (χ0n) is 19.8. The molecule has 0 aliphatic heterocycles. The molecular weight excluding hydrogens is 359 g/mol. The highest BCUT2D eigenvalue weighted by Crippen LogP contribution is 2.44. The summed E-state index contributed by atoms with van der Waals surface area (Å²) < 4.78 is 15.4. The van der Waals surface area contributed by atoms with Crippen LogP contribution in [0.1, 0.15) is 117 Å². The molecule has 4 unspecified atom stereocenters. The summed E-state index contributed by atoms with van der Waals surface area (Å²) in [6.45, 7) is 6.57. The Labute approximate surface area is 181 Å². The topological polar surface area (TPSA) is 52.0 Å². The van der Waals surface area contributed by atoms with Crippen LogP contribution in [0.2, 0.25) is 0 Å². The van der Waals surface area contributed by atoms with Crippen LogP contribution in [0.4, 0.5) is 4.39 Å². The minimum atomic E-state index is -0.603. The van der Waals surface area contributed by atoms with Gasteiger partial charge in [0.25, 0.3) is 0 Å². The van der Waals surface area contributed by atoms with Crippen LogP contribution in [0.5, 0.6) is 0 Å². The van der Waals surface area contributed by atoms with E-state index in [1.165, 1.54) is 51.4 Å². The first-order chi connectivity index (χ1) is 13.9. The lowest BCUT2D eigenvalue weighted by molar-refractivity contribution is 0.0800. The summed E-state index contributed by atoms with van der Waals surface area (Å²) in [4.78, 5) is 0. The average molecular weight is 411 g/mol. The van der Waals surface area contributed by atoms with E-state index in [2.05, 4.69) is 20.8 Å². The van der Waals surface area contributed by atoms with Crippen LogP contribution in [0.15, 0.2) is 0 Å². The van der Waals surface area contributed by atoms with E-state index in [1.54, 1.807) is 0 Å². The predicted molar refractivity (Wildman–Crippen MR) is 125 cm³/mol. The van der Waals surface area contributed by atoms with Crippen LogP contribution in [-0.4, -0.2) is 18.3 Å². The molecule has 0 amide bonds. The van der Waals surface area contributed by atoms with Crippen molar-refractivity contribution in [1.82, 2.24) is 0 Å². The second kappa shape index (κ2) is 13.3. The molecular formula is C26H51FN2. The van der Waals surface area contributed by atoms with Gasteiger partial charge in [0.15, 0.2) is 0 Å². The van der Waals surface area contributed by atoms with E-state index in [4.69, 9.17) is 11.5 Å². The van der Waals surface area contributed by atoms with Crippen LogP contribution >= 0.6 is 0 Å². The van der Waals surface area contributed by atoms with Gasteiger partial charge < -0.3 is 11.5 Å². The number of hydrogen-bond donors (Lipinski definition) is 2. The van der Waals surface area contributed by atoms with Gasteiger partial charge in [-0.3, -0.25) is 0 Å². The lowest BCUT2D eigenvalue weighted by Crippen LogP contribution is -2.33. The SMILES string of the molecule is CCCC(C(F)CCC(CC)CCC(C)N)C1CCC(C2CCC(N)CC2)CC1. The number of rotatable bonds is 12. The van der Waals surface area contributed by atoms with Crippen LogP contribution < -0.4 is 11.5 Å². The van der Waals surface area contributed by atoms with Gasteiger partial charge in [0.05, 0.1) is 0 Å². The predicted octanol–water partition coefficient (Wildman–Crippen LogP) is 7.00. The lowest BCUT2D eigenvalue weighted by Gasteiger charge is -2.40. The largest absolute Gasteiger partial charge is 0.328 e. The van der Waals surface area contributed by atoms with Gasteiger partial charge in [-0.2, -0.15) is 0 Å². The second-order valence-corrected chi connectivity index (χ2v) is 10.7. The molecule has 2 nitrogen and oxygen atoms in total. The van der Waals surface area contributed by atoms with E-state index in [9.17, 15) is 0 Å². The fourth-order valence-electron chi connectivity index (χ4n) is 6.37. The highest BCUT2D eigenvalue weighted by Gasteiger charge is 2.35. The van der Waals surface area contributed by atoms with Crippen molar-refractivity contribution in [2.45, 2.75) is 135 Å². The van der Waals surface area contributed by atoms with Crippen molar-refractivity contribution in [3.05, 3.63) is 0 Å². The average Bonchev–Trinajstić information content (AvgIpc) is 2.72. The molecule has 0 saturated heterocycles. The monoisotopic (exact) mass is 410 g/mol. The van der Waals surface area contributed by atoms with E-state index in [-0.39, 0.29) is 6.04 Å². The summed E-state index contributed by atoms with van der Waals surface area (Å²) >= 11 is 0. The Kier molecular flexibility index (Phi) is 11.5. The molecule has 2 saturated carbocycles. The van der Waals surface area contributed by atoms with Crippen LogP contribution in [-0.2, 0) is 0 Å². The number of alkyl halides is 1. The summed E-state index contributed by atoms with van der Waals surface area (Å²) in [5, 5.41) is 0. The first-order valence-corrected chi connectivity index (χ1v) is 13.1. The Hall–Kier alpha value is -0.150. The third kappa shape index (κ3) is 8.48. The molecule has 0 radical (unpaired) electrons. The third-order valence-electron chi connectivity index (χ3n) is 8.45. The second-order valence-electron chi connectivity index (χ2n) is 10.7. The van der Waals surface area contributed by atoms with Crippen molar-refractivity contribution in [2.75, 3.05) is 0 Å². The Morgan fingerprint density at radius 2 is 1.34 bits per heavy atom. The van der Waals surface area contributed by atoms with E-state index in [0.29, 0.717) is 23.8 Å². The highest BCUT2D eigenvalue weighted by molar-refractivity contribution is 4.86. The van der Waals surface area contributed by atoms with Gasteiger partial charge in [0.1, 0.15) is 6.17 Å². The number of nitrogens with two attached hydrogens (primary N) is 2. The molecule has 2 aliphatic carbocycles. The smallest absolute Gasteiger partial charge is 0.103 e. The third-order valence-corrected chi connectivity index (χ3v) is 8.45. The Morgan fingerprint density at radius 3 is 1.86 bits per heavy atom. The van der Waals surface area contributed by atoms with Crippen molar-refractivity contribution in [3.8, 4) is 0 Å². The number of halogens is 1. The van der Waals surface area contributed by atoms with Crippen LogP contribution in [0.25, 0.3) is 0 Å². The maximum absolute atomic E-state index is 15.4. The van der Waals surface area contributed by atoms with Crippen molar-refractivity contribution in [1.29, 1.82) is 0 Å². The number of hydrogen-bond acceptors (Lipinski definition) is 2. The molecule has 0 spiro atoms. The van der Waals surface area contributed by atoms with Gasteiger partial charge in [-0.15, -0.1) is 0 Å². The molecule has 0 bridgehead atoms. The molecule has 0 aromatic carbocycles. The van der Waals surface area contributed by atoms with Gasteiger partial charge in [-0.25, -0.2) is 4.39 Å². The Balaban J connectivity index is 1.79. The molecule has 0 aromatic heterocycles. The molecule has 29 heavy (non-hydrogen) atoms. The lowest BCUT2D eigenvalue weighted by atomic mass is 9.66. The van der Waals surface area contributed by atoms with E-state index >= 15 is 4.39 Å². The molecule has 4 atom stereocenters. The fraction of sp³-hybridized carbons (Fsp3) is 1.00. The molecule has 0 aromatic rings. The highest BCUT2D eigenvalue weighted by atomic mass is 19.1. The molecule has 2 fully saturated rings. The maximum atomic E-state index is 15.4. The first kappa shape index (κ1) is 25.1. The standard InChI is InChI=1S/C26H51FN2/c1-4-6-25(26(27)18-9-20(5-2)8-7-19(3)28)23-12-10-21(11-13-23)22-14-16-24(29)17-15-22/h19-26H,4-18,28-29H2,1-3H3. The zero-order valence-corrected chi connectivity index (χ0v) is 19.8. The normalized spacial score (nSPS) is 32.5. The molecule has 0 heterocycles. The minimum absolute atomic E-state index is 0.271. The van der Waals surface area contributed by atoms with E-state index in [0.717, 1.165) is 56.8 Å². The molecule has 3 heteroatoms. The van der Waals surface area contributed by atoms with Crippen molar-refractivity contribution in [2.24, 2.45) is 41.1 Å². The molecule has 172 valence electrons. The van der Waals surface area contributed by atoms with Crippen LogP contribution in [0, 0.1) is 29.6 Å². The maximum Gasteiger partial charge on any atom is 0.103 e. The Bertz CT molecular complexity index is 411. The molecule has 4 N–H and O–H groups in total. The summed E-state index contributed by atoms with van der Waals surface area (Å²) in [5.41, 5.74) is 12.0. The molecule has 2 rings (SSSR count). The first-order valence-electron chi connectivity index (χ1n) is 13.1. The molecule has 2 aliphatic rings. The summed E-state index contributed by atoms with van der Waals surface area (Å²) in [6, 6.07) is 0.719. The van der Waals surface area contributed by atoms with E-state index < -0.39 is 6.17 Å². The van der Waals surface area contributed by atoms with E-state index in [1.807, 2.05) is 0 Å². The minimum Gasteiger partial charge on any atom is -0.328 e. The van der Waals surface area contributed by atoms with Crippen molar-refractivity contribution < 1.29 is 4.39 Å².